The van der Waals surface area contributed by atoms with Crippen molar-refractivity contribution >= 4 is 33.9 Å². The van der Waals surface area contributed by atoms with Gasteiger partial charge in [0.1, 0.15) is 5.70 Å². The average Bonchev–Trinajstić information content (AvgIpc) is 2.92. The van der Waals surface area contributed by atoms with Crippen LogP contribution < -0.4 is 4.90 Å². The van der Waals surface area contributed by atoms with Gasteiger partial charge < -0.3 is 0 Å². The van der Waals surface area contributed by atoms with Crippen molar-refractivity contribution in [3.63, 3.8) is 0 Å². The number of anilines is 1. The summed E-state index contributed by atoms with van der Waals surface area (Å²) >= 11 is 0.781. The first-order valence-electron chi connectivity index (χ1n) is 10.5. The van der Waals surface area contributed by atoms with Crippen LogP contribution in [-0.4, -0.2) is 10.4 Å². The molecule has 0 N–H and O–H groups in total. The van der Waals surface area contributed by atoms with Gasteiger partial charge in [-0.05, 0) is 71.9 Å². The van der Waals surface area contributed by atoms with Gasteiger partial charge in [-0.1, -0.05) is 63.6 Å². The fourth-order valence-electron chi connectivity index (χ4n) is 4.59. The molecule has 2 aromatic rings. The molecule has 0 spiro atoms. The number of carbonyl (C=O) groups excluding carboxylic acids is 2. The molecule has 1 fully saturated rings. The fraction of sp³-hybridized carbons (Fsp3) is 0.385. The molecule has 2 aliphatic rings. The van der Waals surface area contributed by atoms with E-state index in [0.717, 1.165) is 47.0 Å². The molecule has 0 aromatic heterocycles. The molecule has 0 unspecified atom stereocenters. The summed E-state index contributed by atoms with van der Waals surface area (Å²) in [6, 6.07) is 12.4. The molecule has 1 aliphatic carbocycles. The number of hydrogen-bond donors (Lipinski definition) is 0. The molecule has 1 saturated heterocycles. The minimum atomic E-state index is -0.227. The van der Waals surface area contributed by atoms with Gasteiger partial charge in [-0.25, -0.2) is 0 Å². The van der Waals surface area contributed by atoms with Crippen LogP contribution in [0.2, 0.25) is 0 Å². The van der Waals surface area contributed by atoms with E-state index >= 15 is 0 Å². The molecule has 2 aromatic carbocycles. The Kier molecular flexibility index (Phi) is 4.97. The minimum absolute atomic E-state index is 0.0354. The zero-order valence-corrected chi connectivity index (χ0v) is 19.4. The van der Waals surface area contributed by atoms with Crippen LogP contribution in [0.5, 0.6) is 0 Å². The second kappa shape index (κ2) is 7.12. The quantitative estimate of drug-likeness (QED) is 0.497. The predicted octanol–water partition coefficient (Wildman–Crippen LogP) is 6.89. The Morgan fingerprint density at radius 3 is 2.20 bits per heavy atom. The maximum absolute atomic E-state index is 12.9. The third-order valence-electron chi connectivity index (χ3n) is 6.57. The van der Waals surface area contributed by atoms with Crippen molar-refractivity contribution in [1.29, 1.82) is 0 Å². The van der Waals surface area contributed by atoms with Crippen LogP contribution in [0.4, 0.5) is 10.5 Å². The lowest BCUT2D eigenvalue weighted by molar-refractivity contribution is -0.107. The van der Waals surface area contributed by atoms with Crippen LogP contribution in [0.3, 0.4) is 0 Å². The van der Waals surface area contributed by atoms with E-state index in [1.807, 2.05) is 44.2 Å². The SMILES string of the molecule is Cc1cccc(C=C2C(=O)SC(=O)N2c2cc3c(cc2C)C(C)(C)CCC3(C)C)c1. The lowest BCUT2D eigenvalue weighted by Gasteiger charge is -2.42. The summed E-state index contributed by atoms with van der Waals surface area (Å²) in [5, 5.41) is -0.423. The summed E-state index contributed by atoms with van der Waals surface area (Å²) in [6.45, 7) is 13.2. The number of amides is 1. The van der Waals surface area contributed by atoms with Gasteiger partial charge in [-0.2, -0.15) is 0 Å². The molecular formula is C26H29NO2S. The second-order valence-corrected chi connectivity index (χ2v) is 10.8. The van der Waals surface area contributed by atoms with Crippen molar-refractivity contribution < 1.29 is 9.59 Å². The molecule has 0 radical (unpaired) electrons. The number of carbonyl (C=O) groups is 2. The summed E-state index contributed by atoms with van der Waals surface area (Å²) in [7, 11) is 0. The normalized spacial score (nSPS) is 21.3. The number of nitrogens with zero attached hydrogens (tertiary/aromatic N) is 1. The van der Waals surface area contributed by atoms with Crippen molar-refractivity contribution in [1.82, 2.24) is 0 Å². The lowest BCUT2D eigenvalue weighted by Crippen LogP contribution is -2.34. The van der Waals surface area contributed by atoms with Gasteiger partial charge in [0.2, 0.25) is 5.12 Å². The Morgan fingerprint density at radius 1 is 0.933 bits per heavy atom. The van der Waals surface area contributed by atoms with Gasteiger partial charge in [0.15, 0.2) is 0 Å². The first kappa shape index (κ1) is 20.9. The van der Waals surface area contributed by atoms with Crippen molar-refractivity contribution in [3.05, 3.63) is 69.9 Å². The molecule has 3 nitrogen and oxygen atoms in total. The topological polar surface area (TPSA) is 37.4 Å². The highest BCUT2D eigenvalue weighted by atomic mass is 32.2. The molecule has 0 atom stereocenters. The molecule has 1 heterocycles. The van der Waals surface area contributed by atoms with Crippen LogP contribution >= 0.6 is 11.8 Å². The largest absolute Gasteiger partial charge is 0.298 e. The molecular weight excluding hydrogens is 390 g/mol. The summed E-state index contributed by atoms with van der Waals surface area (Å²) in [6.07, 6.45) is 4.07. The Hall–Kier alpha value is -2.33. The van der Waals surface area contributed by atoms with E-state index in [1.54, 1.807) is 4.90 Å². The predicted molar refractivity (Wildman–Crippen MR) is 126 cm³/mol. The number of thioether (sulfide) groups is 1. The smallest absolute Gasteiger partial charge is 0.279 e. The Labute approximate surface area is 183 Å². The Balaban J connectivity index is 1.88. The lowest BCUT2D eigenvalue weighted by atomic mass is 9.63. The number of aryl methyl sites for hydroxylation is 2. The van der Waals surface area contributed by atoms with E-state index < -0.39 is 0 Å². The zero-order valence-electron chi connectivity index (χ0n) is 18.6. The maximum Gasteiger partial charge on any atom is 0.298 e. The fourth-order valence-corrected chi connectivity index (χ4v) is 5.29. The molecule has 4 rings (SSSR count). The van der Waals surface area contributed by atoms with E-state index in [2.05, 4.69) is 39.8 Å². The van der Waals surface area contributed by atoms with Crippen molar-refractivity contribution in [2.75, 3.05) is 4.90 Å². The van der Waals surface area contributed by atoms with Crippen LogP contribution in [0.25, 0.3) is 6.08 Å². The Morgan fingerprint density at radius 2 is 1.57 bits per heavy atom. The highest BCUT2D eigenvalue weighted by Crippen LogP contribution is 2.48. The molecule has 1 amide bonds. The maximum atomic E-state index is 12.9. The molecule has 156 valence electrons. The van der Waals surface area contributed by atoms with Crippen molar-refractivity contribution in [2.45, 2.75) is 65.2 Å². The molecule has 4 heteroatoms. The zero-order chi connectivity index (χ0) is 21.8. The summed E-state index contributed by atoms with van der Waals surface area (Å²) < 4.78 is 0. The molecule has 30 heavy (non-hydrogen) atoms. The molecule has 0 saturated carbocycles. The van der Waals surface area contributed by atoms with Gasteiger partial charge in [0, 0.05) is 11.8 Å². The molecule has 0 bridgehead atoms. The van der Waals surface area contributed by atoms with Gasteiger partial charge in [-0.3, -0.25) is 14.5 Å². The average molecular weight is 420 g/mol. The van der Waals surface area contributed by atoms with Crippen LogP contribution in [0.1, 0.15) is 68.4 Å². The van der Waals surface area contributed by atoms with Crippen molar-refractivity contribution in [2.24, 2.45) is 0 Å². The van der Waals surface area contributed by atoms with Gasteiger partial charge in [0.05, 0.1) is 5.69 Å². The number of hydrogen-bond acceptors (Lipinski definition) is 3. The third-order valence-corrected chi connectivity index (χ3v) is 7.32. The Bertz CT molecular complexity index is 1090. The standard InChI is InChI=1S/C26H29NO2S/c1-16-8-7-9-18(12-16)14-22-23(28)30-24(29)27(22)21-15-20-19(13-17(21)2)25(3,4)10-11-26(20,5)6/h7-9,12-15H,10-11H2,1-6H3. The van der Waals surface area contributed by atoms with E-state index in [0.29, 0.717) is 5.70 Å². The first-order chi connectivity index (χ1) is 14.0. The summed E-state index contributed by atoms with van der Waals surface area (Å²) in [5.74, 6) is 0. The number of benzene rings is 2. The van der Waals surface area contributed by atoms with Gasteiger partial charge in [-0.15, -0.1) is 0 Å². The first-order valence-corrected chi connectivity index (χ1v) is 11.3. The van der Waals surface area contributed by atoms with Gasteiger partial charge >= 0.3 is 0 Å². The summed E-state index contributed by atoms with van der Waals surface area (Å²) in [4.78, 5) is 27.2. The minimum Gasteiger partial charge on any atom is -0.279 e. The van der Waals surface area contributed by atoms with Gasteiger partial charge in [0.25, 0.3) is 5.24 Å². The van der Waals surface area contributed by atoms with E-state index in [-0.39, 0.29) is 21.2 Å². The van der Waals surface area contributed by atoms with Crippen LogP contribution in [-0.2, 0) is 15.6 Å². The van der Waals surface area contributed by atoms with E-state index in [4.69, 9.17) is 0 Å². The van der Waals surface area contributed by atoms with E-state index in [1.165, 1.54) is 11.1 Å². The van der Waals surface area contributed by atoms with Crippen LogP contribution in [0, 0.1) is 13.8 Å². The summed E-state index contributed by atoms with van der Waals surface area (Å²) in [5.41, 5.74) is 7.11. The highest BCUT2D eigenvalue weighted by molar-refractivity contribution is 8.27. The monoisotopic (exact) mass is 419 g/mol. The second-order valence-electron chi connectivity index (χ2n) is 9.89. The molecule has 1 aliphatic heterocycles. The van der Waals surface area contributed by atoms with E-state index in [9.17, 15) is 9.59 Å². The highest BCUT2D eigenvalue weighted by Gasteiger charge is 2.41. The third kappa shape index (κ3) is 3.51. The van der Waals surface area contributed by atoms with Crippen LogP contribution in [0.15, 0.2) is 42.1 Å². The number of rotatable bonds is 2. The van der Waals surface area contributed by atoms with Crippen molar-refractivity contribution in [3.8, 4) is 0 Å². The number of fused-ring (bicyclic) bond motifs is 1.